The van der Waals surface area contributed by atoms with Crippen LogP contribution in [0.15, 0.2) is 18.2 Å². The highest BCUT2D eigenvalue weighted by Crippen LogP contribution is 2.23. The van der Waals surface area contributed by atoms with Crippen molar-refractivity contribution in [3.05, 3.63) is 29.3 Å². The quantitative estimate of drug-likeness (QED) is 0.830. The van der Waals surface area contributed by atoms with E-state index in [0.717, 1.165) is 23.8 Å². The molecule has 0 heterocycles. The molecular formula is C17H28N2O3S. The number of nitrogens with zero attached hydrogens (tertiary/aromatic N) is 1. The SMILES string of the molecule is Cc1cc(C)cc(N([C@H](C)C(=O)NCCC(C)C)S(C)(=O)=O)c1. The highest BCUT2D eigenvalue weighted by molar-refractivity contribution is 7.92. The van der Waals surface area contributed by atoms with Crippen molar-refractivity contribution in [1.82, 2.24) is 5.32 Å². The van der Waals surface area contributed by atoms with Gasteiger partial charge in [-0.15, -0.1) is 0 Å². The Morgan fingerprint density at radius 2 is 1.65 bits per heavy atom. The van der Waals surface area contributed by atoms with E-state index in [4.69, 9.17) is 0 Å². The van der Waals surface area contributed by atoms with E-state index in [1.807, 2.05) is 19.9 Å². The molecule has 0 bridgehead atoms. The Balaban J connectivity index is 3.05. The van der Waals surface area contributed by atoms with Crippen LogP contribution >= 0.6 is 0 Å². The fraction of sp³-hybridized carbons (Fsp3) is 0.588. The Kier molecular flexibility index (Phi) is 6.62. The second-order valence-corrected chi connectivity index (χ2v) is 8.41. The maximum Gasteiger partial charge on any atom is 0.243 e. The fourth-order valence-corrected chi connectivity index (χ4v) is 3.68. The number of hydrogen-bond donors (Lipinski definition) is 1. The monoisotopic (exact) mass is 340 g/mol. The first-order valence-electron chi connectivity index (χ1n) is 7.87. The normalized spacial score (nSPS) is 13.0. The van der Waals surface area contributed by atoms with Gasteiger partial charge in [0.05, 0.1) is 11.9 Å². The Hall–Kier alpha value is -1.56. The van der Waals surface area contributed by atoms with E-state index in [9.17, 15) is 13.2 Å². The van der Waals surface area contributed by atoms with Crippen molar-refractivity contribution in [3.63, 3.8) is 0 Å². The summed E-state index contributed by atoms with van der Waals surface area (Å²) in [5, 5.41) is 2.82. The third-order valence-electron chi connectivity index (χ3n) is 3.57. The molecular weight excluding hydrogens is 312 g/mol. The van der Waals surface area contributed by atoms with Gasteiger partial charge < -0.3 is 5.32 Å². The van der Waals surface area contributed by atoms with E-state index in [1.165, 1.54) is 4.31 Å². The predicted octanol–water partition coefficient (Wildman–Crippen LogP) is 2.62. The number of anilines is 1. The zero-order chi connectivity index (χ0) is 17.8. The van der Waals surface area contributed by atoms with Crippen molar-refractivity contribution < 1.29 is 13.2 Å². The molecule has 0 saturated heterocycles. The predicted molar refractivity (Wildman–Crippen MR) is 95.2 cm³/mol. The van der Waals surface area contributed by atoms with Gasteiger partial charge >= 0.3 is 0 Å². The number of amides is 1. The molecule has 0 aromatic heterocycles. The van der Waals surface area contributed by atoms with E-state index in [0.29, 0.717) is 18.2 Å². The maximum absolute atomic E-state index is 12.3. The molecule has 6 heteroatoms. The minimum atomic E-state index is -3.56. The van der Waals surface area contributed by atoms with Crippen molar-refractivity contribution in [2.45, 2.75) is 47.1 Å². The van der Waals surface area contributed by atoms with E-state index in [2.05, 4.69) is 19.2 Å². The third kappa shape index (κ3) is 5.86. The molecule has 0 aliphatic rings. The van der Waals surface area contributed by atoms with Crippen LogP contribution in [0.25, 0.3) is 0 Å². The molecule has 1 aromatic rings. The van der Waals surface area contributed by atoms with Gasteiger partial charge in [-0.2, -0.15) is 0 Å². The molecule has 0 fully saturated rings. The Labute approximate surface area is 140 Å². The second kappa shape index (κ2) is 7.81. The number of carbonyl (C=O) groups excluding carboxylic acids is 1. The molecule has 1 aromatic carbocycles. The molecule has 1 rings (SSSR count). The van der Waals surface area contributed by atoms with Gasteiger partial charge in [-0.3, -0.25) is 9.10 Å². The summed E-state index contributed by atoms with van der Waals surface area (Å²) in [7, 11) is -3.56. The molecule has 0 unspecified atom stereocenters. The lowest BCUT2D eigenvalue weighted by Crippen LogP contribution is -2.48. The van der Waals surface area contributed by atoms with Gasteiger partial charge in [0.15, 0.2) is 0 Å². The summed E-state index contributed by atoms with van der Waals surface area (Å²) in [6.45, 7) is 10.1. The minimum Gasteiger partial charge on any atom is -0.354 e. The van der Waals surface area contributed by atoms with Crippen LogP contribution in [0.1, 0.15) is 38.3 Å². The number of aryl methyl sites for hydroxylation is 2. The zero-order valence-corrected chi connectivity index (χ0v) is 15.7. The molecule has 23 heavy (non-hydrogen) atoms. The summed E-state index contributed by atoms with van der Waals surface area (Å²) in [4.78, 5) is 12.3. The maximum atomic E-state index is 12.3. The van der Waals surface area contributed by atoms with Crippen LogP contribution in [0.2, 0.25) is 0 Å². The van der Waals surface area contributed by atoms with Gasteiger partial charge in [-0.25, -0.2) is 8.42 Å². The summed E-state index contributed by atoms with van der Waals surface area (Å²) in [5.74, 6) is 0.200. The summed E-state index contributed by atoms with van der Waals surface area (Å²) >= 11 is 0. The van der Waals surface area contributed by atoms with Crippen molar-refractivity contribution in [2.75, 3.05) is 17.1 Å². The van der Waals surface area contributed by atoms with Gasteiger partial charge in [0.2, 0.25) is 15.9 Å². The lowest BCUT2D eigenvalue weighted by molar-refractivity contribution is -0.121. The molecule has 1 N–H and O–H groups in total. The molecule has 5 nitrogen and oxygen atoms in total. The largest absolute Gasteiger partial charge is 0.354 e. The van der Waals surface area contributed by atoms with Gasteiger partial charge in [0, 0.05) is 6.54 Å². The van der Waals surface area contributed by atoms with Crippen LogP contribution in [-0.2, 0) is 14.8 Å². The molecule has 0 saturated carbocycles. The number of benzene rings is 1. The molecule has 130 valence electrons. The van der Waals surface area contributed by atoms with E-state index in [-0.39, 0.29) is 5.91 Å². The Morgan fingerprint density at radius 3 is 2.09 bits per heavy atom. The highest BCUT2D eigenvalue weighted by Gasteiger charge is 2.29. The van der Waals surface area contributed by atoms with Crippen LogP contribution < -0.4 is 9.62 Å². The lowest BCUT2D eigenvalue weighted by Gasteiger charge is -2.29. The highest BCUT2D eigenvalue weighted by atomic mass is 32.2. The van der Waals surface area contributed by atoms with Gasteiger partial charge in [0.1, 0.15) is 6.04 Å². The first kappa shape index (κ1) is 19.5. The van der Waals surface area contributed by atoms with Gasteiger partial charge in [-0.05, 0) is 56.4 Å². The van der Waals surface area contributed by atoms with Crippen molar-refractivity contribution in [2.24, 2.45) is 5.92 Å². The van der Waals surface area contributed by atoms with E-state index < -0.39 is 16.1 Å². The number of rotatable bonds is 7. The van der Waals surface area contributed by atoms with E-state index in [1.54, 1.807) is 19.1 Å². The number of carbonyl (C=O) groups is 1. The molecule has 0 aliphatic heterocycles. The summed E-state index contributed by atoms with van der Waals surface area (Å²) < 4.78 is 25.6. The number of nitrogens with one attached hydrogen (secondary N) is 1. The average Bonchev–Trinajstić information content (AvgIpc) is 2.35. The zero-order valence-electron chi connectivity index (χ0n) is 14.9. The summed E-state index contributed by atoms with van der Waals surface area (Å²) in [6, 6.07) is 4.74. The van der Waals surface area contributed by atoms with Crippen molar-refractivity contribution in [1.29, 1.82) is 0 Å². The molecule has 1 amide bonds. The number of hydrogen-bond acceptors (Lipinski definition) is 3. The van der Waals surface area contributed by atoms with Gasteiger partial charge in [0.25, 0.3) is 0 Å². The third-order valence-corrected chi connectivity index (χ3v) is 4.81. The standard InChI is InChI=1S/C17H28N2O3S/c1-12(2)7-8-18-17(20)15(5)19(23(6,21)22)16-10-13(3)9-14(4)11-16/h9-12,15H,7-8H2,1-6H3,(H,18,20)/t15-/m1/s1. The van der Waals surface area contributed by atoms with Crippen LogP contribution in [0.5, 0.6) is 0 Å². The lowest BCUT2D eigenvalue weighted by atomic mass is 10.1. The van der Waals surface area contributed by atoms with Crippen molar-refractivity contribution in [3.8, 4) is 0 Å². The van der Waals surface area contributed by atoms with Crippen LogP contribution in [0, 0.1) is 19.8 Å². The molecule has 0 spiro atoms. The van der Waals surface area contributed by atoms with E-state index >= 15 is 0 Å². The average molecular weight is 340 g/mol. The van der Waals surface area contributed by atoms with Crippen LogP contribution in [-0.4, -0.2) is 33.2 Å². The topological polar surface area (TPSA) is 66.5 Å². The molecule has 1 atom stereocenters. The Morgan fingerprint density at radius 1 is 1.13 bits per heavy atom. The van der Waals surface area contributed by atoms with Crippen LogP contribution in [0.3, 0.4) is 0 Å². The molecule has 0 aliphatic carbocycles. The van der Waals surface area contributed by atoms with Crippen molar-refractivity contribution >= 4 is 21.6 Å². The summed E-state index contributed by atoms with van der Waals surface area (Å²) in [5.41, 5.74) is 2.44. The molecule has 0 radical (unpaired) electrons. The minimum absolute atomic E-state index is 0.282. The van der Waals surface area contributed by atoms with Gasteiger partial charge in [-0.1, -0.05) is 19.9 Å². The smallest absolute Gasteiger partial charge is 0.243 e. The fourth-order valence-electron chi connectivity index (χ4n) is 2.52. The Bertz CT molecular complexity index is 634. The second-order valence-electron chi connectivity index (χ2n) is 6.55. The van der Waals surface area contributed by atoms with Crippen LogP contribution in [0.4, 0.5) is 5.69 Å². The summed E-state index contributed by atoms with van der Waals surface area (Å²) in [6.07, 6.45) is 1.99. The first-order valence-corrected chi connectivity index (χ1v) is 9.72. The first-order chi connectivity index (χ1) is 10.5. The number of sulfonamides is 1.